The van der Waals surface area contributed by atoms with E-state index in [2.05, 4.69) is 20.9 Å². The van der Waals surface area contributed by atoms with Crippen molar-refractivity contribution in [3.8, 4) is 11.3 Å². The van der Waals surface area contributed by atoms with Crippen molar-refractivity contribution in [2.24, 2.45) is 7.05 Å². The SMILES string of the molecule is Cn1c2cc(Br)ccc2n2cc(-c3ccc([C@H]4CCCN4C(=O)O)cc3F)nc12. The summed E-state index contributed by atoms with van der Waals surface area (Å²) in [6, 6.07) is 10.6. The molecule has 2 aromatic carbocycles. The van der Waals surface area contributed by atoms with E-state index in [0.717, 1.165) is 27.7 Å². The van der Waals surface area contributed by atoms with Crippen LogP contribution in [0.3, 0.4) is 0 Å². The third-order valence-electron chi connectivity index (χ3n) is 5.70. The highest BCUT2D eigenvalue weighted by molar-refractivity contribution is 9.10. The molecule has 4 aromatic rings. The van der Waals surface area contributed by atoms with Crippen molar-refractivity contribution in [1.82, 2.24) is 18.9 Å². The summed E-state index contributed by atoms with van der Waals surface area (Å²) in [5.74, 6) is 0.333. The molecule has 1 amide bonds. The van der Waals surface area contributed by atoms with Gasteiger partial charge in [-0.15, -0.1) is 0 Å². The van der Waals surface area contributed by atoms with Crippen LogP contribution in [0.15, 0.2) is 47.1 Å². The van der Waals surface area contributed by atoms with Crippen LogP contribution in [0, 0.1) is 5.82 Å². The van der Waals surface area contributed by atoms with E-state index in [9.17, 15) is 14.3 Å². The number of nitrogens with zero attached hydrogens (tertiary/aromatic N) is 4. The lowest BCUT2D eigenvalue weighted by Crippen LogP contribution is -2.28. The number of fused-ring (bicyclic) bond motifs is 3. The fourth-order valence-electron chi connectivity index (χ4n) is 4.28. The second-order valence-corrected chi connectivity index (χ2v) is 8.28. The fourth-order valence-corrected chi connectivity index (χ4v) is 4.63. The van der Waals surface area contributed by atoms with Crippen molar-refractivity contribution in [3.63, 3.8) is 0 Å². The Morgan fingerprint density at radius 2 is 2.07 bits per heavy atom. The Morgan fingerprint density at radius 3 is 2.83 bits per heavy atom. The lowest BCUT2D eigenvalue weighted by Gasteiger charge is -2.22. The number of aromatic nitrogens is 3. The molecule has 0 unspecified atom stereocenters. The average molecular weight is 457 g/mol. The van der Waals surface area contributed by atoms with Gasteiger partial charge < -0.3 is 14.6 Å². The topological polar surface area (TPSA) is 62.8 Å². The molecule has 1 aliphatic rings. The number of hydrogen-bond acceptors (Lipinski definition) is 2. The lowest BCUT2D eigenvalue weighted by molar-refractivity contribution is 0.140. The number of imidazole rings is 2. The third kappa shape index (κ3) is 2.81. The van der Waals surface area contributed by atoms with Crippen LogP contribution in [0.25, 0.3) is 28.1 Å². The largest absolute Gasteiger partial charge is 0.465 e. The van der Waals surface area contributed by atoms with Gasteiger partial charge in [-0.25, -0.2) is 14.2 Å². The Bertz CT molecular complexity index is 1280. The number of rotatable bonds is 2. The van der Waals surface area contributed by atoms with Crippen LogP contribution >= 0.6 is 15.9 Å². The Labute approximate surface area is 174 Å². The standard InChI is InChI=1S/C21H18BrFN4O2/c1-25-19-10-13(22)5-7-18(19)27-11-16(24-20(25)27)14-6-4-12(9-15(14)23)17-3-2-8-26(17)21(28)29/h4-7,9-11,17H,2-3,8H2,1H3,(H,28,29)/t17-/m1/s1. The van der Waals surface area contributed by atoms with Crippen LogP contribution in [0.1, 0.15) is 24.4 Å². The maximum Gasteiger partial charge on any atom is 0.407 e. The molecular weight excluding hydrogens is 439 g/mol. The summed E-state index contributed by atoms with van der Waals surface area (Å²) in [5.41, 5.74) is 3.66. The minimum absolute atomic E-state index is 0.292. The lowest BCUT2D eigenvalue weighted by atomic mass is 10.0. The summed E-state index contributed by atoms with van der Waals surface area (Å²) < 4.78 is 19.9. The monoisotopic (exact) mass is 456 g/mol. The average Bonchev–Trinajstić information content (AvgIpc) is 3.39. The third-order valence-corrected chi connectivity index (χ3v) is 6.19. The van der Waals surface area contributed by atoms with E-state index in [1.165, 1.54) is 11.0 Å². The number of likely N-dealkylation sites (tertiary alicyclic amines) is 1. The highest BCUT2D eigenvalue weighted by Crippen LogP contribution is 2.34. The molecule has 1 aliphatic heterocycles. The van der Waals surface area contributed by atoms with Gasteiger partial charge in [0.1, 0.15) is 5.82 Å². The molecule has 5 rings (SSSR count). The number of hydrogen-bond donors (Lipinski definition) is 1. The molecule has 0 aliphatic carbocycles. The van der Waals surface area contributed by atoms with Crippen LogP contribution in [-0.4, -0.2) is 36.6 Å². The van der Waals surface area contributed by atoms with E-state index in [-0.39, 0.29) is 6.04 Å². The summed E-state index contributed by atoms with van der Waals surface area (Å²) in [6.45, 7) is 0.485. The molecule has 0 bridgehead atoms. The Kier molecular flexibility index (Phi) is 4.13. The quantitative estimate of drug-likeness (QED) is 0.450. The van der Waals surface area contributed by atoms with E-state index in [1.807, 2.05) is 46.5 Å². The van der Waals surface area contributed by atoms with Crippen LogP contribution in [0.5, 0.6) is 0 Å². The zero-order chi connectivity index (χ0) is 20.3. The summed E-state index contributed by atoms with van der Waals surface area (Å²) in [6.07, 6.45) is 2.37. The van der Waals surface area contributed by atoms with E-state index < -0.39 is 11.9 Å². The van der Waals surface area contributed by atoms with Gasteiger partial charge in [-0.3, -0.25) is 4.40 Å². The molecule has 3 heterocycles. The first-order valence-corrected chi connectivity index (χ1v) is 10.2. The van der Waals surface area contributed by atoms with Crippen LogP contribution in [0.2, 0.25) is 0 Å². The van der Waals surface area contributed by atoms with Crippen molar-refractivity contribution >= 4 is 38.8 Å². The number of carboxylic acid groups (broad SMARTS) is 1. The smallest absolute Gasteiger partial charge is 0.407 e. The molecule has 0 radical (unpaired) electrons. The van der Waals surface area contributed by atoms with E-state index in [4.69, 9.17) is 0 Å². The van der Waals surface area contributed by atoms with Gasteiger partial charge in [-0.1, -0.05) is 22.0 Å². The summed E-state index contributed by atoms with van der Waals surface area (Å²) in [7, 11) is 1.93. The minimum Gasteiger partial charge on any atom is -0.465 e. The first-order chi connectivity index (χ1) is 13.9. The maximum absolute atomic E-state index is 15.0. The van der Waals surface area contributed by atoms with Gasteiger partial charge in [-0.2, -0.15) is 0 Å². The maximum atomic E-state index is 15.0. The molecular formula is C21H18BrFN4O2. The predicted octanol–water partition coefficient (Wildman–Crippen LogP) is 5.21. The second kappa shape index (κ2) is 6.59. The predicted molar refractivity (Wildman–Crippen MR) is 111 cm³/mol. The van der Waals surface area contributed by atoms with Crippen LogP contribution in [0.4, 0.5) is 9.18 Å². The molecule has 1 saturated heterocycles. The molecule has 0 spiro atoms. The molecule has 1 N–H and O–H groups in total. The van der Waals surface area contributed by atoms with Crippen molar-refractivity contribution in [2.45, 2.75) is 18.9 Å². The second-order valence-electron chi connectivity index (χ2n) is 7.36. The highest BCUT2D eigenvalue weighted by Gasteiger charge is 2.30. The number of aryl methyl sites for hydroxylation is 1. The van der Waals surface area contributed by atoms with Crippen molar-refractivity contribution < 1.29 is 14.3 Å². The van der Waals surface area contributed by atoms with Gasteiger partial charge in [0.05, 0.1) is 22.8 Å². The summed E-state index contributed by atoms with van der Waals surface area (Å²) in [5, 5.41) is 9.35. The summed E-state index contributed by atoms with van der Waals surface area (Å²) >= 11 is 3.49. The van der Waals surface area contributed by atoms with E-state index in [0.29, 0.717) is 29.8 Å². The zero-order valence-corrected chi connectivity index (χ0v) is 17.2. The Hall–Kier alpha value is -2.87. The molecule has 6 nitrogen and oxygen atoms in total. The number of amides is 1. The molecule has 148 valence electrons. The van der Waals surface area contributed by atoms with Gasteiger partial charge in [0, 0.05) is 29.8 Å². The summed E-state index contributed by atoms with van der Waals surface area (Å²) in [4.78, 5) is 17.4. The van der Waals surface area contributed by atoms with Gasteiger partial charge in [0.25, 0.3) is 0 Å². The van der Waals surface area contributed by atoms with Crippen molar-refractivity contribution in [1.29, 1.82) is 0 Å². The molecule has 8 heteroatoms. The number of halogens is 2. The number of carbonyl (C=O) groups is 1. The highest BCUT2D eigenvalue weighted by atomic mass is 79.9. The van der Waals surface area contributed by atoms with Gasteiger partial charge in [0.15, 0.2) is 0 Å². The van der Waals surface area contributed by atoms with E-state index >= 15 is 0 Å². The molecule has 0 saturated carbocycles. The van der Waals surface area contributed by atoms with E-state index in [1.54, 1.807) is 6.07 Å². The fraction of sp³-hybridized carbons (Fsp3) is 0.238. The van der Waals surface area contributed by atoms with Gasteiger partial charge in [0.2, 0.25) is 5.78 Å². The van der Waals surface area contributed by atoms with Gasteiger partial charge >= 0.3 is 6.09 Å². The molecule has 29 heavy (non-hydrogen) atoms. The van der Waals surface area contributed by atoms with Crippen LogP contribution in [-0.2, 0) is 7.05 Å². The number of benzene rings is 2. The first kappa shape index (κ1) is 18.2. The zero-order valence-electron chi connectivity index (χ0n) is 15.6. The Balaban J connectivity index is 1.57. The minimum atomic E-state index is -0.962. The molecule has 2 aromatic heterocycles. The normalized spacial score (nSPS) is 16.9. The Morgan fingerprint density at radius 1 is 1.24 bits per heavy atom. The van der Waals surface area contributed by atoms with Crippen molar-refractivity contribution in [2.75, 3.05) is 6.54 Å². The molecule has 1 fully saturated rings. The van der Waals surface area contributed by atoms with Crippen LogP contribution < -0.4 is 0 Å². The van der Waals surface area contributed by atoms with Crippen molar-refractivity contribution in [3.05, 3.63) is 58.4 Å². The van der Waals surface area contributed by atoms with Gasteiger partial charge in [-0.05, 0) is 48.7 Å². The molecule has 1 atom stereocenters. The first-order valence-electron chi connectivity index (χ1n) is 9.36.